The van der Waals surface area contributed by atoms with E-state index >= 15 is 0 Å². The number of fused-ring (bicyclic) bond motifs is 1. The zero-order chi connectivity index (χ0) is 30.9. The zero-order valence-corrected chi connectivity index (χ0v) is 22.5. The summed E-state index contributed by atoms with van der Waals surface area (Å²) in [5, 5.41) is 13.9. The standard InChI is InChI=1S/C19H29N3O3S.2C2HF3O2/c1-3-5-19(23)21-10-8-17-18(9-11-21)26(24,25)13-12-22(17)14-16-7-4-6-15(2)20-16;2*3-2(4,5)1(6)7/h4,6-7,17-18H,3,5,8-14H2,1-2H3;2*(H,6,7)/t17-,18+;;/m0../s1. The van der Waals surface area contributed by atoms with Crippen molar-refractivity contribution < 1.29 is 59.4 Å². The largest absolute Gasteiger partial charge is 0.490 e. The van der Waals surface area contributed by atoms with Gasteiger partial charge in [-0.15, -0.1) is 0 Å². The highest BCUT2D eigenvalue weighted by Crippen LogP contribution is 2.29. The number of aryl methyl sites for hydroxylation is 1. The van der Waals surface area contributed by atoms with E-state index in [0.29, 0.717) is 45.4 Å². The second kappa shape index (κ2) is 14.6. The average molecular weight is 608 g/mol. The fourth-order valence-corrected chi connectivity index (χ4v) is 6.22. The lowest BCUT2D eigenvalue weighted by molar-refractivity contribution is -0.193. The summed E-state index contributed by atoms with van der Waals surface area (Å²) < 4.78 is 88.8. The van der Waals surface area contributed by atoms with Gasteiger partial charge in [-0.3, -0.25) is 14.7 Å². The van der Waals surface area contributed by atoms with Crippen molar-refractivity contribution in [3.63, 3.8) is 0 Å². The number of hydrogen-bond acceptors (Lipinski definition) is 7. The van der Waals surface area contributed by atoms with Crippen LogP contribution >= 0.6 is 0 Å². The van der Waals surface area contributed by atoms with Gasteiger partial charge in [0.05, 0.1) is 16.7 Å². The number of aromatic nitrogens is 1. The molecule has 10 nitrogen and oxygen atoms in total. The maximum Gasteiger partial charge on any atom is 0.490 e. The van der Waals surface area contributed by atoms with Crippen LogP contribution in [0.1, 0.15) is 44.0 Å². The van der Waals surface area contributed by atoms with Gasteiger partial charge in [0, 0.05) is 44.3 Å². The van der Waals surface area contributed by atoms with Crippen LogP contribution in [0.2, 0.25) is 0 Å². The van der Waals surface area contributed by atoms with Gasteiger partial charge in [0.15, 0.2) is 9.84 Å². The Bertz CT molecular complexity index is 1100. The molecule has 0 aromatic carbocycles. The molecule has 0 spiro atoms. The Morgan fingerprint density at radius 2 is 1.50 bits per heavy atom. The Morgan fingerprint density at radius 1 is 0.975 bits per heavy atom. The van der Waals surface area contributed by atoms with Crippen molar-refractivity contribution in [2.45, 2.75) is 69.7 Å². The minimum Gasteiger partial charge on any atom is -0.475 e. The van der Waals surface area contributed by atoms with E-state index in [-0.39, 0.29) is 23.0 Å². The molecule has 1 aromatic rings. The lowest BCUT2D eigenvalue weighted by Gasteiger charge is -2.39. The van der Waals surface area contributed by atoms with Crippen LogP contribution in [0.25, 0.3) is 0 Å². The van der Waals surface area contributed by atoms with Crippen LogP contribution in [-0.4, -0.2) is 100 Å². The summed E-state index contributed by atoms with van der Waals surface area (Å²) in [6.07, 6.45) is -7.55. The number of amides is 1. The van der Waals surface area contributed by atoms with Crippen LogP contribution in [0.5, 0.6) is 0 Å². The molecule has 0 aliphatic carbocycles. The SMILES string of the molecule is CCCC(=O)N1CC[C@@H]2[C@H](CC1)N(Cc1cccc(C)n1)CCS2(=O)=O.O=C(O)C(F)(F)F.O=C(O)C(F)(F)F. The van der Waals surface area contributed by atoms with E-state index < -0.39 is 34.1 Å². The van der Waals surface area contributed by atoms with Crippen molar-refractivity contribution in [2.24, 2.45) is 0 Å². The van der Waals surface area contributed by atoms with Crippen molar-refractivity contribution >= 4 is 27.7 Å². The molecule has 0 radical (unpaired) electrons. The lowest BCUT2D eigenvalue weighted by atomic mass is 10.1. The monoisotopic (exact) mass is 607 g/mol. The molecule has 2 saturated heterocycles. The number of pyridine rings is 1. The highest BCUT2D eigenvalue weighted by atomic mass is 32.2. The molecule has 2 atom stereocenters. The third kappa shape index (κ3) is 11.3. The molecule has 2 aliphatic rings. The quantitative estimate of drug-likeness (QED) is 0.494. The maximum absolute atomic E-state index is 12.7. The van der Waals surface area contributed by atoms with Gasteiger partial charge < -0.3 is 15.1 Å². The average Bonchev–Trinajstić information content (AvgIpc) is 3.05. The molecule has 40 heavy (non-hydrogen) atoms. The third-order valence-corrected chi connectivity index (χ3v) is 8.24. The van der Waals surface area contributed by atoms with Crippen molar-refractivity contribution in [1.82, 2.24) is 14.8 Å². The Labute approximate surface area is 226 Å². The second-order valence-electron chi connectivity index (χ2n) is 9.03. The highest BCUT2D eigenvalue weighted by Gasteiger charge is 2.43. The number of halogens is 6. The van der Waals surface area contributed by atoms with Crippen LogP contribution < -0.4 is 0 Å². The molecular weight excluding hydrogens is 576 g/mol. The Balaban J connectivity index is 0.000000473. The Hall–Kier alpha value is -2.95. The minimum absolute atomic E-state index is 0.0320. The fraction of sp³-hybridized carbons (Fsp3) is 0.652. The molecule has 2 N–H and O–H groups in total. The second-order valence-corrected chi connectivity index (χ2v) is 11.4. The number of carbonyl (C=O) groups excluding carboxylic acids is 1. The number of aliphatic carboxylic acids is 2. The Morgan fingerprint density at radius 3 is 1.98 bits per heavy atom. The van der Waals surface area contributed by atoms with E-state index in [1.54, 1.807) is 0 Å². The van der Waals surface area contributed by atoms with E-state index in [2.05, 4.69) is 9.88 Å². The van der Waals surface area contributed by atoms with Gasteiger partial charge in [0.2, 0.25) is 5.91 Å². The predicted octanol–water partition coefficient (Wildman–Crippen LogP) is 3.05. The molecule has 0 saturated carbocycles. The van der Waals surface area contributed by atoms with Crippen LogP contribution in [0, 0.1) is 6.92 Å². The zero-order valence-electron chi connectivity index (χ0n) is 21.7. The summed E-state index contributed by atoms with van der Waals surface area (Å²) >= 11 is 0. The number of carbonyl (C=O) groups is 3. The van der Waals surface area contributed by atoms with Gasteiger partial charge in [-0.2, -0.15) is 26.3 Å². The van der Waals surface area contributed by atoms with Gasteiger partial charge in [0.25, 0.3) is 0 Å². The summed E-state index contributed by atoms with van der Waals surface area (Å²) in [7, 11) is -3.10. The van der Waals surface area contributed by atoms with Crippen molar-refractivity contribution in [3.8, 4) is 0 Å². The predicted molar refractivity (Wildman–Crippen MR) is 129 cm³/mol. The number of rotatable bonds is 4. The molecule has 0 bridgehead atoms. The number of carboxylic acid groups (broad SMARTS) is 2. The molecule has 2 fully saturated rings. The highest BCUT2D eigenvalue weighted by molar-refractivity contribution is 7.92. The van der Waals surface area contributed by atoms with E-state index in [0.717, 1.165) is 17.8 Å². The topological polar surface area (TPSA) is 145 Å². The van der Waals surface area contributed by atoms with Gasteiger partial charge in [-0.1, -0.05) is 13.0 Å². The van der Waals surface area contributed by atoms with Crippen LogP contribution in [0.3, 0.4) is 0 Å². The summed E-state index contributed by atoms with van der Waals surface area (Å²) in [5.74, 6) is -5.17. The van der Waals surface area contributed by atoms with Crippen molar-refractivity contribution in [2.75, 3.05) is 25.4 Å². The van der Waals surface area contributed by atoms with Gasteiger partial charge in [-0.05, 0) is 38.3 Å². The first-order valence-electron chi connectivity index (χ1n) is 12.1. The van der Waals surface area contributed by atoms with Crippen LogP contribution in [0.4, 0.5) is 26.3 Å². The molecule has 2 aliphatic heterocycles. The summed E-state index contributed by atoms with van der Waals surface area (Å²) in [5.41, 5.74) is 1.95. The molecule has 3 heterocycles. The van der Waals surface area contributed by atoms with Crippen molar-refractivity contribution in [3.05, 3.63) is 29.6 Å². The first-order chi connectivity index (χ1) is 18.3. The van der Waals surface area contributed by atoms with E-state index in [1.807, 2.05) is 36.9 Å². The fourth-order valence-electron chi connectivity index (χ4n) is 4.17. The number of hydrogen-bond donors (Lipinski definition) is 2. The number of nitrogens with zero attached hydrogens (tertiary/aromatic N) is 3. The first-order valence-corrected chi connectivity index (χ1v) is 13.8. The van der Waals surface area contributed by atoms with Crippen LogP contribution in [-0.2, 0) is 30.8 Å². The number of likely N-dealkylation sites (tertiary alicyclic amines) is 1. The number of sulfone groups is 1. The molecule has 228 valence electrons. The van der Waals surface area contributed by atoms with Crippen LogP contribution in [0.15, 0.2) is 18.2 Å². The van der Waals surface area contributed by atoms with E-state index in [1.165, 1.54) is 0 Å². The summed E-state index contributed by atoms with van der Waals surface area (Å²) in [6.45, 7) is 6.37. The normalized spacial score (nSPS) is 20.9. The maximum atomic E-state index is 12.7. The van der Waals surface area contributed by atoms with Gasteiger partial charge in [-0.25, -0.2) is 18.0 Å². The van der Waals surface area contributed by atoms with E-state index in [4.69, 9.17) is 19.8 Å². The van der Waals surface area contributed by atoms with Gasteiger partial charge >= 0.3 is 24.3 Å². The Kier molecular flexibility index (Phi) is 12.8. The molecule has 17 heteroatoms. The summed E-state index contributed by atoms with van der Waals surface area (Å²) in [4.78, 5) is 38.8. The molecule has 0 unspecified atom stereocenters. The lowest BCUT2D eigenvalue weighted by Crippen LogP contribution is -2.54. The molecule has 3 rings (SSSR count). The molecule has 1 aromatic heterocycles. The summed E-state index contributed by atoms with van der Waals surface area (Å²) in [6, 6.07) is 5.93. The van der Waals surface area contributed by atoms with Gasteiger partial charge in [0.1, 0.15) is 0 Å². The minimum atomic E-state index is -5.08. The van der Waals surface area contributed by atoms with Crippen molar-refractivity contribution in [1.29, 1.82) is 0 Å². The first kappa shape index (κ1) is 35.1. The molecular formula is C23H31F6N3O7S. The number of alkyl halides is 6. The molecule has 1 amide bonds. The number of carboxylic acids is 2. The third-order valence-electron chi connectivity index (χ3n) is 6.01. The van der Waals surface area contributed by atoms with E-state index in [9.17, 15) is 39.6 Å². The smallest absolute Gasteiger partial charge is 0.475 e.